The van der Waals surface area contributed by atoms with Crippen LogP contribution in [-0.4, -0.2) is 25.0 Å². The van der Waals surface area contributed by atoms with Gasteiger partial charge in [-0.25, -0.2) is 0 Å². The summed E-state index contributed by atoms with van der Waals surface area (Å²) in [4.78, 5) is 27.2. The van der Waals surface area contributed by atoms with Gasteiger partial charge < -0.3 is 15.0 Å². The molecule has 3 rings (SSSR count). The first kappa shape index (κ1) is 20.1. The van der Waals surface area contributed by atoms with E-state index in [1.807, 2.05) is 50.2 Å². The summed E-state index contributed by atoms with van der Waals surface area (Å²) in [7, 11) is 0. The number of ether oxygens (including phenoxy) is 1. The molecule has 3 aromatic carbocycles. The highest BCUT2D eigenvalue weighted by molar-refractivity contribution is 6.08. The standard InChI is InChI=1S/C24H24N2O3/c1-3-26(20-10-6-5-7-11-20)24(28)18-14-16-19(17-15-18)25-23(27)21-12-8-9-13-22(21)29-4-2/h5-17H,3-4H2,1-2H3,(H,25,27). The van der Waals surface area contributed by atoms with Crippen LogP contribution in [0.3, 0.4) is 0 Å². The second kappa shape index (κ2) is 9.55. The van der Waals surface area contributed by atoms with Crippen LogP contribution in [0.4, 0.5) is 11.4 Å². The molecule has 0 bridgehead atoms. The Morgan fingerprint density at radius 2 is 1.52 bits per heavy atom. The maximum Gasteiger partial charge on any atom is 0.259 e. The van der Waals surface area contributed by atoms with Gasteiger partial charge in [0.25, 0.3) is 11.8 Å². The summed E-state index contributed by atoms with van der Waals surface area (Å²) >= 11 is 0. The number of hydrogen-bond acceptors (Lipinski definition) is 3. The summed E-state index contributed by atoms with van der Waals surface area (Å²) in [6.07, 6.45) is 0. The highest BCUT2D eigenvalue weighted by Gasteiger charge is 2.16. The minimum absolute atomic E-state index is 0.0849. The zero-order valence-corrected chi connectivity index (χ0v) is 16.6. The number of benzene rings is 3. The van der Waals surface area contributed by atoms with Crippen molar-refractivity contribution in [3.63, 3.8) is 0 Å². The smallest absolute Gasteiger partial charge is 0.259 e. The number of rotatable bonds is 7. The Balaban J connectivity index is 1.73. The molecule has 0 saturated carbocycles. The van der Waals surface area contributed by atoms with Crippen LogP contribution in [-0.2, 0) is 0 Å². The van der Waals surface area contributed by atoms with Crippen molar-refractivity contribution in [1.29, 1.82) is 0 Å². The highest BCUT2D eigenvalue weighted by Crippen LogP contribution is 2.21. The molecule has 0 aliphatic carbocycles. The molecule has 0 heterocycles. The maximum absolute atomic E-state index is 12.9. The van der Waals surface area contributed by atoms with E-state index >= 15 is 0 Å². The number of para-hydroxylation sites is 2. The molecule has 3 aromatic rings. The Kier molecular flexibility index (Phi) is 6.63. The van der Waals surface area contributed by atoms with E-state index in [-0.39, 0.29) is 11.8 Å². The summed E-state index contributed by atoms with van der Waals surface area (Å²) in [6, 6.07) is 23.6. The SMILES string of the molecule is CCOc1ccccc1C(=O)Nc1ccc(C(=O)N(CC)c2ccccc2)cc1. The molecule has 0 unspecified atom stereocenters. The average molecular weight is 388 g/mol. The van der Waals surface area contributed by atoms with Crippen LogP contribution >= 0.6 is 0 Å². The minimum Gasteiger partial charge on any atom is -0.493 e. The third-order valence-electron chi connectivity index (χ3n) is 4.45. The summed E-state index contributed by atoms with van der Waals surface area (Å²) in [5, 5.41) is 2.85. The number of carbonyl (C=O) groups excluding carboxylic acids is 2. The summed E-state index contributed by atoms with van der Waals surface area (Å²) in [6.45, 7) is 4.86. The van der Waals surface area contributed by atoms with Crippen molar-refractivity contribution in [1.82, 2.24) is 0 Å². The second-order valence-corrected chi connectivity index (χ2v) is 6.35. The molecule has 5 nitrogen and oxygen atoms in total. The zero-order chi connectivity index (χ0) is 20.6. The Hall–Kier alpha value is -3.60. The number of carbonyl (C=O) groups is 2. The predicted molar refractivity (Wildman–Crippen MR) is 116 cm³/mol. The van der Waals surface area contributed by atoms with Crippen molar-refractivity contribution in [2.75, 3.05) is 23.4 Å². The van der Waals surface area contributed by atoms with E-state index in [4.69, 9.17) is 4.74 Å². The van der Waals surface area contributed by atoms with Crippen LogP contribution in [0.5, 0.6) is 5.75 Å². The molecule has 0 aliphatic rings. The van der Waals surface area contributed by atoms with E-state index in [2.05, 4.69) is 5.32 Å². The fraction of sp³-hybridized carbons (Fsp3) is 0.167. The first-order chi connectivity index (χ1) is 14.1. The number of amides is 2. The van der Waals surface area contributed by atoms with Gasteiger partial charge >= 0.3 is 0 Å². The average Bonchev–Trinajstić information content (AvgIpc) is 2.76. The molecule has 5 heteroatoms. The minimum atomic E-state index is -0.257. The normalized spacial score (nSPS) is 10.3. The molecular weight excluding hydrogens is 364 g/mol. The number of nitrogens with one attached hydrogen (secondary N) is 1. The van der Waals surface area contributed by atoms with Gasteiger partial charge in [0, 0.05) is 23.5 Å². The number of anilines is 2. The molecule has 1 N–H and O–H groups in total. The molecule has 0 spiro atoms. The predicted octanol–water partition coefficient (Wildman–Crippen LogP) is 5.00. The van der Waals surface area contributed by atoms with Crippen LogP contribution < -0.4 is 15.0 Å². The van der Waals surface area contributed by atoms with Crippen LogP contribution in [0.25, 0.3) is 0 Å². The van der Waals surface area contributed by atoms with E-state index < -0.39 is 0 Å². The highest BCUT2D eigenvalue weighted by atomic mass is 16.5. The van der Waals surface area contributed by atoms with E-state index in [1.165, 1.54) is 0 Å². The topological polar surface area (TPSA) is 58.6 Å². The summed E-state index contributed by atoms with van der Waals surface area (Å²) < 4.78 is 5.52. The van der Waals surface area contributed by atoms with Crippen molar-refractivity contribution in [2.45, 2.75) is 13.8 Å². The Morgan fingerprint density at radius 1 is 0.862 bits per heavy atom. The third kappa shape index (κ3) is 4.82. The quantitative estimate of drug-likeness (QED) is 0.619. The van der Waals surface area contributed by atoms with Gasteiger partial charge in [-0.15, -0.1) is 0 Å². The molecule has 0 saturated heterocycles. The first-order valence-corrected chi connectivity index (χ1v) is 9.64. The van der Waals surface area contributed by atoms with E-state index in [1.54, 1.807) is 47.4 Å². The van der Waals surface area contributed by atoms with Gasteiger partial charge in [-0.3, -0.25) is 9.59 Å². The molecule has 0 atom stereocenters. The second-order valence-electron chi connectivity index (χ2n) is 6.35. The van der Waals surface area contributed by atoms with Gasteiger partial charge in [0.1, 0.15) is 5.75 Å². The number of nitrogens with zero attached hydrogens (tertiary/aromatic N) is 1. The first-order valence-electron chi connectivity index (χ1n) is 9.64. The van der Waals surface area contributed by atoms with Crippen LogP contribution in [0, 0.1) is 0 Å². The molecular formula is C24H24N2O3. The van der Waals surface area contributed by atoms with Gasteiger partial charge in [-0.1, -0.05) is 30.3 Å². The summed E-state index contributed by atoms with van der Waals surface area (Å²) in [5.74, 6) is 0.201. The largest absolute Gasteiger partial charge is 0.493 e. The van der Waals surface area contributed by atoms with Gasteiger partial charge in [0.15, 0.2) is 0 Å². The lowest BCUT2D eigenvalue weighted by atomic mass is 10.1. The maximum atomic E-state index is 12.9. The molecule has 0 fully saturated rings. The van der Waals surface area contributed by atoms with Gasteiger partial charge in [-0.05, 0) is 62.4 Å². The van der Waals surface area contributed by atoms with Crippen molar-refractivity contribution in [3.8, 4) is 5.75 Å². The monoisotopic (exact) mass is 388 g/mol. The van der Waals surface area contributed by atoms with Crippen molar-refractivity contribution < 1.29 is 14.3 Å². The lowest BCUT2D eigenvalue weighted by Crippen LogP contribution is -2.30. The van der Waals surface area contributed by atoms with Gasteiger partial charge in [0.2, 0.25) is 0 Å². The molecule has 0 aliphatic heterocycles. The lowest BCUT2D eigenvalue weighted by Gasteiger charge is -2.21. The van der Waals surface area contributed by atoms with Gasteiger partial charge in [0.05, 0.1) is 12.2 Å². The van der Waals surface area contributed by atoms with E-state index in [0.717, 1.165) is 5.69 Å². The fourth-order valence-corrected chi connectivity index (χ4v) is 3.04. The van der Waals surface area contributed by atoms with Gasteiger partial charge in [-0.2, -0.15) is 0 Å². The van der Waals surface area contributed by atoms with E-state index in [9.17, 15) is 9.59 Å². The van der Waals surface area contributed by atoms with Crippen molar-refractivity contribution >= 4 is 23.2 Å². The fourth-order valence-electron chi connectivity index (χ4n) is 3.04. The Labute approximate surface area is 170 Å². The molecule has 0 radical (unpaired) electrons. The van der Waals surface area contributed by atoms with Crippen LogP contribution in [0.15, 0.2) is 78.9 Å². The third-order valence-corrected chi connectivity index (χ3v) is 4.45. The number of hydrogen-bond donors (Lipinski definition) is 1. The zero-order valence-electron chi connectivity index (χ0n) is 16.6. The van der Waals surface area contributed by atoms with Crippen molar-refractivity contribution in [2.24, 2.45) is 0 Å². The molecule has 29 heavy (non-hydrogen) atoms. The Morgan fingerprint density at radius 3 is 2.17 bits per heavy atom. The lowest BCUT2D eigenvalue weighted by molar-refractivity contribution is 0.0987. The van der Waals surface area contributed by atoms with Crippen LogP contribution in [0.2, 0.25) is 0 Å². The Bertz CT molecular complexity index is 969. The van der Waals surface area contributed by atoms with E-state index in [0.29, 0.717) is 35.7 Å². The molecule has 148 valence electrons. The van der Waals surface area contributed by atoms with Crippen LogP contribution in [0.1, 0.15) is 34.6 Å². The van der Waals surface area contributed by atoms with Crippen molar-refractivity contribution in [3.05, 3.63) is 90.0 Å². The summed E-state index contributed by atoms with van der Waals surface area (Å²) in [5.41, 5.74) is 2.49. The molecule has 2 amide bonds. The molecule has 0 aromatic heterocycles.